The van der Waals surface area contributed by atoms with Crippen LogP contribution in [0.25, 0.3) is 0 Å². The van der Waals surface area contributed by atoms with E-state index in [1.807, 2.05) is 6.92 Å². The number of rotatable bonds is 7. The Hall–Kier alpha value is -1.55. The second kappa shape index (κ2) is 14.7. The Balaban J connectivity index is 0.00000385. The van der Waals surface area contributed by atoms with Crippen molar-refractivity contribution >= 4 is 36.0 Å². The van der Waals surface area contributed by atoms with E-state index in [1.165, 1.54) is 37.1 Å². The van der Waals surface area contributed by atoms with Gasteiger partial charge in [0.2, 0.25) is 0 Å². The number of guanidine groups is 1. The van der Waals surface area contributed by atoms with Gasteiger partial charge in [0.15, 0.2) is 5.96 Å². The molecule has 1 aromatic carbocycles. The highest BCUT2D eigenvalue weighted by molar-refractivity contribution is 14.0. The van der Waals surface area contributed by atoms with E-state index in [9.17, 15) is 4.79 Å². The molecular weight excluding hydrogens is 529 g/mol. The lowest BCUT2D eigenvalue weighted by Gasteiger charge is -2.32. The van der Waals surface area contributed by atoms with Gasteiger partial charge in [0.05, 0.1) is 13.2 Å². The molecule has 186 valence electrons. The average Bonchev–Trinajstić information content (AvgIpc) is 2.79. The number of carbonyl (C=O) groups is 1. The molecule has 2 N–H and O–H groups in total. The minimum atomic E-state index is -0.204. The number of aliphatic imine (C=N–C) groups is 1. The van der Waals surface area contributed by atoms with Crippen molar-refractivity contribution < 1.29 is 9.53 Å². The fourth-order valence-corrected chi connectivity index (χ4v) is 4.54. The van der Waals surface area contributed by atoms with E-state index in [2.05, 4.69) is 53.6 Å². The van der Waals surface area contributed by atoms with Crippen LogP contribution in [0.15, 0.2) is 29.3 Å². The quantitative estimate of drug-likeness (QED) is 0.292. The standard InChI is InChI=1S/C25H41N5O2.HI/c1-4-26-24(28-23-12-15-30(16-13-23)25(31)32-5-2)27-17-21-8-10-22(11-9-21)19-29-14-6-7-20(3)18-29;/h8-11,20,23H,4-7,12-19H2,1-3H3,(H2,26,27,28);1H. The van der Waals surface area contributed by atoms with Gasteiger partial charge in [-0.15, -0.1) is 24.0 Å². The van der Waals surface area contributed by atoms with Crippen LogP contribution in [-0.2, 0) is 17.8 Å². The molecule has 0 aromatic heterocycles. The number of carbonyl (C=O) groups excluding carboxylic acids is 1. The van der Waals surface area contributed by atoms with Crippen LogP contribution in [0.1, 0.15) is 57.6 Å². The largest absolute Gasteiger partial charge is 0.450 e. The molecule has 2 aliphatic heterocycles. The number of nitrogens with one attached hydrogen (secondary N) is 2. The summed E-state index contributed by atoms with van der Waals surface area (Å²) < 4.78 is 5.11. The molecule has 0 radical (unpaired) electrons. The molecule has 0 saturated carbocycles. The molecule has 2 heterocycles. The van der Waals surface area contributed by atoms with Crippen LogP contribution in [0.5, 0.6) is 0 Å². The predicted octanol–water partition coefficient (Wildman–Crippen LogP) is 4.21. The SMILES string of the molecule is CCNC(=NCc1ccc(CN2CCCC(C)C2)cc1)NC1CCN(C(=O)OCC)CC1.I. The van der Waals surface area contributed by atoms with Gasteiger partial charge < -0.3 is 20.3 Å². The monoisotopic (exact) mass is 571 g/mol. The van der Waals surface area contributed by atoms with Crippen molar-refractivity contribution in [1.29, 1.82) is 0 Å². The fraction of sp³-hybridized carbons (Fsp3) is 0.680. The van der Waals surface area contributed by atoms with Crippen molar-refractivity contribution in [1.82, 2.24) is 20.4 Å². The minimum absolute atomic E-state index is 0. The fourth-order valence-electron chi connectivity index (χ4n) is 4.54. The van der Waals surface area contributed by atoms with Crippen LogP contribution in [0, 0.1) is 5.92 Å². The molecule has 1 atom stereocenters. The molecule has 2 saturated heterocycles. The highest BCUT2D eigenvalue weighted by Gasteiger charge is 2.24. The highest BCUT2D eigenvalue weighted by atomic mass is 127. The third-order valence-electron chi connectivity index (χ3n) is 6.30. The molecule has 8 heteroatoms. The van der Waals surface area contributed by atoms with Gasteiger partial charge in [0.25, 0.3) is 0 Å². The number of amides is 1. The smallest absolute Gasteiger partial charge is 0.409 e. The first-order valence-corrected chi connectivity index (χ1v) is 12.3. The topological polar surface area (TPSA) is 69.2 Å². The zero-order valence-electron chi connectivity index (χ0n) is 20.5. The van der Waals surface area contributed by atoms with Crippen LogP contribution in [-0.4, -0.2) is 67.2 Å². The Morgan fingerprint density at radius 2 is 1.79 bits per heavy atom. The lowest BCUT2D eigenvalue weighted by molar-refractivity contribution is 0.0963. The minimum Gasteiger partial charge on any atom is -0.450 e. The summed E-state index contributed by atoms with van der Waals surface area (Å²) >= 11 is 0. The van der Waals surface area contributed by atoms with Gasteiger partial charge in [-0.2, -0.15) is 0 Å². The van der Waals surface area contributed by atoms with Gasteiger partial charge in [0, 0.05) is 38.8 Å². The Morgan fingerprint density at radius 3 is 2.42 bits per heavy atom. The Kier molecular flexibility index (Phi) is 12.3. The van der Waals surface area contributed by atoms with Gasteiger partial charge in [-0.05, 0) is 63.1 Å². The van der Waals surface area contributed by atoms with Crippen molar-refractivity contribution in [3.8, 4) is 0 Å². The van der Waals surface area contributed by atoms with Crippen molar-refractivity contribution in [3.05, 3.63) is 35.4 Å². The molecule has 0 bridgehead atoms. The molecule has 0 spiro atoms. The first kappa shape index (κ1) is 27.7. The molecule has 7 nitrogen and oxygen atoms in total. The predicted molar refractivity (Wildman–Crippen MR) is 145 cm³/mol. The van der Waals surface area contributed by atoms with Crippen molar-refractivity contribution in [3.63, 3.8) is 0 Å². The summed E-state index contributed by atoms with van der Waals surface area (Å²) in [7, 11) is 0. The zero-order valence-corrected chi connectivity index (χ0v) is 22.8. The molecule has 2 aliphatic rings. The maximum Gasteiger partial charge on any atom is 0.409 e. The summed E-state index contributed by atoms with van der Waals surface area (Å²) in [5.41, 5.74) is 2.60. The third-order valence-corrected chi connectivity index (χ3v) is 6.30. The number of ether oxygens (including phenoxy) is 1. The second-order valence-corrected chi connectivity index (χ2v) is 9.10. The van der Waals surface area contributed by atoms with Gasteiger partial charge in [0.1, 0.15) is 0 Å². The number of likely N-dealkylation sites (tertiary alicyclic amines) is 2. The van der Waals surface area contributed by atoms with Crippen molar-refractivity contribution in [2.75, 3.05) is 39.3 Å². The summed E-state index contributed by atoms with van der Waals surface area (Å²) in [6.45, 7) is 13.1. The number of hydrogen-bond acceptors (Lipinski definition) is 4. The second-order valence-electron chi connectivity index (χ2n) is 9.10. The summed E-state index contributed by atoms with van der Waals surface area (Å²) in [5, 5.41) is 6.89. The summed E-state index contributed by atoms with van der Waals surface area (Å²) in [6, 6.07) is 9.21. The third kappa shape index (κ3) is 9.31. The average molecular weight is 572 g/mol. The van der Waals surface area contributed by atoms with Crippen molar-refractivity contribution in [2.45, 2.75) is 65.6 Å². The van der Waals surface area contributed by atoms with E-state index >= 15 is 0 Å². The first-order chi connectivity index (χ1) is 15.6. The lowest BCUT2D eigenvalue weighted by atomic mass is 9.99. The van der Waals surface area contributed by atoms with Crippen molar-refractivity contribution in [2.24, 2.45) is 10.9 Å². The molecule has 1 unspecified atom stereocenters. The van der Waals surface area contributed by atoms with E-state index in [1.54, 1.807) is 4.90 Å². The van der Waals surface area contributed by atoms with Gasteiger partial charge in [-0.3, -0.25) is 4.90 Å². The summed E-state index contributed by atoms with van der Waals surface area (Å²) in [5.74, 6) is 1.65. The van der Waals surface area contributed by atoms with Crippen LogP contribution in [0.2, 0.25) is 0 Å². The Bertz CT molecular complexity index is 735. The van der Waals surface area contributed by atoms with Crippen LogP contribution in [0.3, 0.4) is 0 Å². The lowest BCUT2D eigenvalue weighted by Crippen LogP contribution is -2.49. The maximum absolute atomic E-state index is 11.9. The molecule has 0 aliphatic carbocycles. The summed E-state index contributed by atoms with van der Waals surface area (Å²) in [4.78, 5) is 21.0. The zero-order chi connectivity index (χ0) is 22.8. The van der Waals surface area contributed by atoms with Crippen LogP contribution < -0.4 is 10.6 Å². The Labute approximate surface area is 216 Å². The maximum atomic E-state index is 11.9. The van der Waals surface area contributed by atoms with Crippen LogP contribution in [0.4, 0.5) is 4.79 Å². The van der Waals surface area contributed by atoms with Gasteiger partial charge >= 0.3 is 6.09 Å². The first-order valence-electron chi connectivity index (χ1n) is 12.3. The van der Waals surface area contributed by atoms with E-state index in [4.69, 9.17) is 9.73 Å². The number of hydrogen-bond donors (Lipinski definition) is 2. The molecular formula is C25H42IN5O2. The molecule has 33 heavy (non-hydrogen) atoms. The number of halogens is 1. The number of benzene rings is 1. The van der Waals surface area contributed by atoms with Gasteiger partial charge in [-0.25, -0.2) is 9.79 Å². The van der Waals surface area contributed by atoms with E-state index < -0.39 is 0 Å². The van der Waals surface area contributed by atoms with E-state index in [-0.39, 0.29) is 30.1 Å². The number of nitrogens with zero attached hydrogens (tertiary/aromatic N) is 3. The highest BCUT2D eigenvalue weighted by Crippen LogP contribution is 2.18. The molecule has 3 rings (SSSR count). The number of piperidine rings is 2. The van der Waals surface area contributed by atoms with E-state index in [0.717, 1.165) is 37.8 Å². The van der Waals surface area contributed by atoms with E-state index in [0.29, 0.717) is 32.3 Å². The van der Waals surface area contributed by atoms with Gasteiger partial charge in [-0.1, -0.05) is 31.2 Å². The molecule has 1 amide bonds. The normalized spacial score (nSPS) is 20.2. The molecule has 2 fully saturated rings. The molecule has 1 aromatic rings. The Morgan fingerprint density at radius 1 is 1.09 bits per heavy atom. The summed E-state index contributed by atoms with van der Waals surface area (Å²) in [6.07, 6.45) is 4.26. The van der Waals surface area contributed by atoms with Crippen LogP contribution >= 0.6 is 24.0 Å².